The summed E-state index contributed by atoms with van der Waals surface area (Å²) >= 11 is 0. The van der Waals surface area contributed by atoms with Crippen molar-refractivity contribution >= 4 is 21.4 Å². The van der Waals surface area contributed by atoms with E-state index in [-0.39, 0.29) is 23.7 Å². The van der Waals surface area contributed by atoms with Gasteiger partial charge in [-0.3, -0.25) is 10.1 Å². The second-order valence-electron chi connectivity index (χ2n) is 4.77. The summed E-state index contributed by atoms with van der Waals surface area (Å²) in [5, 5.41) is 13.7. The number of nitrogens with one attached hydrogen (secondary N) is 2. The molecule has 2 N–H and O–H groups in total. The van der Waals surface area contributed by atoms with Crippen molar-refractivity contribution < 1.29 is 18.1 Å². The number of benzene rings is 2. The number of para-hydroxylation sites is 2. The largest absolute Gasteiger partial charge is 0.497 e. The number of sulfonamides is 1. The Labute approximate surface area is 139 Å². The molecule has 2 aromatic rings. The highest BCUT2D eigenvalue weighted by Crippen LogP contribution is 2.22. The van der Waals surface area contributed by atoms with Crippen LogP contribution in [0, 0.1) is 10.1 Å². The number of nitro benzene ring substituents is 1. The predicted molar refractivity (Wildman–Crippen MR) is 89.8 cm³/mol. The molecule has 2 aromatic carbocycles. The van der Waals surface area contributed by atoms with Crippen molar-refractivity contribution in [3.05, 3.63) is 58.6 Å². The quantitative estimate of drug-likeness (QED) is 0.427. The Hall–Kier alpha value is -2.65. The molecule has 0 unspecified atom stereocenters. The summed E-state index contributed by atoms with van der Waals surface area (Å²) in [7, 11) is -2.15. The average Bonchev–Trinajstić information content (AvgIpc) is 2.59. The van der Waals surface area contributed by atoms with E-state index in [1.54, 1.807) is 30.3 Å². The summed E-state index contributed by atoms with van der Waals surface area (Å²) < 4.78 is 31.7. The Bertz CT molecular complexity index is 806. The Balaban J connectivity index is 1.92. The van der Waals surface area contributed by atoms with Crippen LogP contribution in [-0.4, -0.2) is 33.5 Å². The summed E-state index contributed by atoms with van der Waals surface area (Å²) in [6.07, 6.45) is 0. The second-order valence-corrected chi connectivity index (χ2v) is 6.54. The van der Waals surface area contributed by atoms with Crippen LogP contribution in [0.1, 0.15) is 0 Å². The highest BCUT2D eigenvalue weighted by Gasteiger charge is 2.14. The van der Waals surface area contributed by atoms with Crippen molar-refractivity contribution in [2.24, 2.45) is 0 Å². The molecule has 128 valence electrons. The third kappa shape index (κ3) is 4.43. The summed E-state index contributed by atoms with van der Waals surface area (Å²) in [6.45, 7) is 0.292. The zero-order valence-corrected chi connectivity index (χ0v) is 13.7. The molecule has 0 bridgehead atoms. The van der Waals surface area contributed by atoms with Gasteiger partial charge in [-0.05, 0) is 30.3 Å². The minimum absolute atomic E-state index is 0.0597. The van der Waals surface area contributed by atoms with E-state index in [0.29, 0.717) is 11.4 Å². The fourth-order valence-electron chi connectivity index (χ4n) is 2.00. The van der Waals surface area contributed by atoms with Crippen LogP contribution in [0.4, 0.5) is 11.4 Å². The molecule has 0 aromatic heterocycles. The highest BCUT2D eigenvalue weighted by atomic mass is 32.2. The Kier molecular flexibility index (Phi) is 5.72. The summed E-state index contributed by atoms with van der Waals surface area (Å²) in [4.78, 5) is 10.5. The molecule has 0 spiro atoms. The van der Waals surface area contributed by atoms with E-state index in [9.17, 15) is 18.5 Å². The lowest BCUT2D eigenvalue weighted by atomic mass is 10.2. The van der Waals surface area contributed by atoms with Crippen LogP contribution in [-0.2, 0) is 10.0 Å². The third-order valence-electron chi connectivity index (χ3n) is 3.20. The standard InChI is InChI=1S/C15H17N3O5S/c1-23-12-6-8-13(9-7-12)24(21,22)17-11-10-16-14-4-2-3-5-15(14)18(19)20/h2-9,16-17H,10-11H2,1H3. The molecular weight excluding hydrogens is 334 g/mol. The van der Waals surface area contributed by atoms with E-state index in [1.165, 1.54) is 25.3 Å². The van der Waals surface area contributed by atoms with Crippen LogP contribution in [0.2, 0.25) is 0 Å². The Morgan fingerprint density at radius 2 is 1.75 bits per heavy atom. The first kappa shape index (κ1) is 17.7. The number of nitrogens with zero attached hydrogens (tertiary/aromatic N) is 1. The fourth-order valence-corrected chi connectivity index (χ4v) is 3.03. The van der Waals surface area contributed by atoms with Crippen LogP contribution >= 0.6 is 0 Å². The lowest BCUT2D eigenvalue weighted by molar-refractivity contribution is -0.384. The molecule has 24 heavy (non-hydrogen) atoms. The topological polar surface area (TPSA) is 111 Å². The molecule has 0 saturated heterocycles. The maximum absolute atomic E-state index is 12.1. The lowest BCUT2D eigenvalue weighted by Gasteiger charge is -2.09. The number of nitro groups is 1. The normalized spacial score (nSPS) is 11.0. The average molecular weight is 351 g/mol. The molecular formula is C15H17N3O5S. The van der Waals surface area contributed by atoms with Crippen molar-refractivity contribution in [2.45, 2.75) is 4.90 Å². The van der Waals surface area contributed by atoms with Gasteiger partial charge in [0.25, 0.3) is 5.69 Å². The second kappa shape index (κ2) is 7.75. The first-order chi connectivity index (χ1) is 11.4. The van der Waals surface area contributed by atoms with Gasteiger partial charge in [-0.2, -0.15) is 0 Å². The number of methoxy groups -OCH3 is 1. The van der Waals surface area contributed by atoms with E-state index in [1.807, 2.05) is 0 Å². The van der Waals surface area contributed by atoms with Crippen LogP contribution in [0.5, 0.6) is 5.75 Å². The van der Waals surface area contributed by atoms with Gasteiger partial charge in [-0.25, -0.2) is 13.1 Å². The maximum Gasteiger partial charge on any atom is 0.292 e. The highest BCUT2D eigenvalue weighted by molar-refractivity contribution is 7.89. The fraction of sp³-hybridized carbons (Fsp3) is 0.200. The molecule has 0 aliphatic carbocycles. The first-order valence-corrected chi connectivity index (χ1v) is 8.53. The molecule has 8 nitrogen and oxygen atoms in total. The summed E-state index contributed by atoms with van der Waals surface area (Å²) in [6, 6.07) is 12.2. The first-order valence-electron chi connectivity index (χ1n) is 7.05. The van der Waals surface area contributed by atoms with Crippen LogP contribution < -0.4 is 14.8 Å². The molecule has 0 radical (unpaired) electrons. The number of hydrogen-bond donors (Lipinski definition) is 2. The van der Waals surface area contributed by atoms with Gasteiger partial charge in [-0.1, -0.05) is 12.1 Å². The summed E-state index contributed by atoms with van der Waals surface area (Å²) in [5.74, 6) is 0.562. The smallest absolute Gasteiger partial charge is 0.292 e. The number of hydrogen-bond acceptors (Lipinski definition) is 6. The van der Waals surface area contributed by atoms with Crippen molar-refractivity contribution in [1.82, 2.24) is 4.72 Å². The monoisotopic (exact) mass is 351 g/mol. The minimum atomic E-state index is -3.65. The summed E-state index contributed by atoms with van der Waals surface area (Å²) in [5.41, 5.74) is 0.279. The molecule has 0 aliphatic rings. The van der Waals surface area contributed by atoms with Crippen LogP contribution in [0.3, 0.4) is 0 Å². The number of rotatable bonds is 8. The number of ether oxygens (including phenoxy) is 1. The van der Waals surface area contributed by atoms with E-state index in [4.69, 9.17) is 4.74 Å². The molecule has 0 heterocycles. The van der Waals surface area contributed by atoms with Crippen molar-refractivity contribution in [3.63, 3.8) is 0 Å². The van der Waals surface area contributed by atoms with E-state index in [2.05, 4.69) is 10.0 Å². The molecule has 2 rings (SSSR count). The molecule has 0 aliphatic heterocycles. The zero-order chi connectivity index (χ0) is 17.6. The zero-order valence-electron chi connectivity index (χ0n) is 12.9. The molecule has 0 saturated carbocycles. The molecule has 9 heteroatoms. The Morgan fingerprint density at radius 1 is 1.08 bits per heavy atom. The van der Waals surface area contributed by atoms with Crippen LogP contribution in [0.15, 0.2) is 53.4 Å². The minimum Gasteiger partial charge on any atom is -0.497 e. The van der Waals surface area contributed by atoms with Gasteiger partial charge in [0.05, 0.1) is 16.9 Å². The SMILES string of the molecule is COc1ccc(S(=O)(=O)NCCNc2ccccc2[N+](=O)[O-])cc1. The maximum atomic E-state index is 12.1. The van der Waals surface area contributed by atoms with E-state index >= 15 is 0 Å². The van der Waals surface area contributed by atoms with Gasteiger partial charge in [0.15, 0.2) is 0 Å². The van der Waals surface area contributed by atoms with Crippen LogP contribution in [0.25, 0.3) is 0 Å². The predicted octanol–water partition coefficient (Wildman–Crippen LogP) is 1.99. The van der Waals surface area contributed by atoms with Crippen molar-refractivity contribution in [2.75, 3.05) is 25.5 Å². The Morgan fingerprint density at radius 3 is 2.38 bits per heavy atom. The van der Waals surface area contributed by atoms with E-state index in [0.717, 1.165) is 0 Å². The third-order valence-corrected chi connectivity index (χ3v) is 4.68. The van der Waals surface area contributed by atoms with Gasteiger partial charge in [0, 0.05) is 19.2 Å². The van der Waals surface area contributed by atoms with Gasteiger partial charge >= 0.3 is 0 Å². The van der Waals surface area contributed by atoms with Gasteiger partial charge in [0.2, 0.25) is 10.0 Å². The lowest BCUT2D eigenvalue weighted by Crippen LogP contribution is -2.29. The van der Waals surface area contributed by atoms with E-state index < -0.39 is 14.9 Å². The van der Waals surface area contributed by atoms with Gasteiger partial charge in [0.1, 0.15) is 11.4 Å². The van der Waals surface area contributed by atoms with Gasteiger partial charge in [-0.15, -0.1) is 0 Å². The molecule has 0 fully saturated rings. The number of anilines is 1. The van der Waals surface area contributed by atoms with Gasteiger partial charge < -0.3 is 10.1 Å². The molecule has 0 atom stereocenters. The van der Waals surface area contributed by atoms with Crippen molar-refractivity contribution in [3.8, 4) is 5.75 Å². The molecule has 0 amide bonds. The van der Waals surface area contributed by atoms with Crippen molar-refractivity contribution in [1.29, 1.82) is 0 Å².